The fraction of sp³-hybridized carbons (Fsp3) is 0.350. The van der Waals surface area contributed by atoms with Crippen LogP contribution in [-0.2, 0) is 11.2 Å². The third-order valence-electron chi connectivity index (χ3n) is 3.76. The Morgan fingerprint density at radius 2 is 1.71 bits per heavy atom. The normalized spacial score (nSPS) is 10.2. The molecule has 0 aliphatic carbocycles. The van der Waals surface area contributed by atoms with Crippen LogP contribution in [-0.4, -0.2) is 26.2 Å². The Bertz CT molecular complexity index is 638. The first-order valence-electron chi connectivity index (χ1n) is 8.27. The molecule has 0 spiro atoms. The predicted octanol–water partition coefficient (Wildman–Crippen LogP) is 3.52. The molecule has 1 N–H and O–H groups in total. The zero-order chi connectivity index (χ0) is 17.2. The Kier molecular flexibility index (Phi) is 7.15. The molecule has 2 rings (SSSR count). The second kappa shape index (κ2) is 9.60. The van der Waals surface area contributed by atoms with E-state index in [1.165, 1.54) is 11.1 Å². The van der Waals surface area contributed by atoms with Gasteiger partial charge in [-0.15, -0.1) is 0 Å². The first kappa shape index (κ1) is 17.9. The molecule has 2 aromatic carbocycles. The van der Waals surface area contributed by atoms with E-state index in [9.17, 15) is 4.79 Å². The summed E-state index contributed by atoms with van der Waals surface area (Å²) in [4.78, 5) is 11.8. The van der Waals surface area contributed by atoms with Crippen LogP contribution in [0.5, 0.6) is 11.5 Å². The molecule has 24 heavy (non-hydrogen) atoms. The number of aryl methyl sites for hydroxylation is 2. The van der Waals surface area contributed by atoms with Crippen molar-refractivity contribution >= 4 is 5.91 Å². The maximum atomic E-state index is 11.8. The largest absolute Gasteiger partial charge is 0.493 e. The number of ether oxygens (including phenoxy) is 2. The minimum Gasteiger partial charge on any atom is -0.493 e. The summed E-state index contributed by atoms with van der Waals surface area (Å²) >= 11 is 0. The fourth-order valence-corrected chi connectivity index (χ4v) is 2.37. The third kappa shape index (κ3) is 5.95. The monoisotopic (exact) mass is 327 g/mol. The number of benzene rings is 2. The van der Waals surface area contributed by atoms with Gasteiger partial charge in [-0.2, -0.15) is 0 Å². The van der Waals surface area contributed by atoms with Crippen molar-refractivity contribution in [3.63, 3.8) is 0 Å². The highest BCUT2D eigenvalue weighted by atomic mass is 16.5. The lowest BCUT2D eigenvalue weighted by atomic mass is 10.1. The summed E-state index contributed by atoms with van der Waals surface area (Å²) in [6.07, 6.45) is 3.04. The predicted molar refractivity (Wildman–Crippen MR) is 95.6 cm³/mol. The molecule has 0 bridgehead atoms. The lowest BCUT2D eigenvalue weighted by Gasteiger charge is -2.10. The molecule has 2 aromatic rings. The molecule has 0 aliphatic rings. The van der Waals surface area contributed by atoms with Gasteiger partial charge in [0.1, 0.15) is 0 Å². The van der Waals surface area contributed by atoms with Gasteiger partial charge in [0.25, 0.3) is 5.91 Å². The standard InChI is InChI=1S/C20H25NO3/c1-16-10-12-17(13-11-16)7-5-6-14-21-20(22)15-24-19-9-4-3-8-18(19)23-2/h3-4,8-13H,5-7,14-15H2,1-2H3,(H,21,22). The van der Waals surface area contributed by atoms with Gasteiger partial charge in [-0.1, -0.05) is 42.0 Å². The van der Waals surface area contributed by atoms with Crippen LogP contribution >= 0.6 is 0 Å². The molecule has 1 amide bonds. The number of hydrogen-bond acceptors (Lipinski definition) is 3. The zero-order valence-corrected chi connectivity index (χ0v) is 14.4. The molecule has 0 radical (unpaired) electrons. The summed E-state index contributed by atoms with van der Waals surface area (Å²) in [5, 5.41) is 2.88. The quantitative estimate of drug-likeness (QED) is 0.717. The van der Waals surface area contributed by atoms with E-state index in [4.69, 9.17) is 9.47 Å². The van der Waals surface area contributed by atoms with Gasteiger partial charge in [-0.05, 0) is 43.9 Å². The van der Waals surface area contributed by atoms with Gasteiger partial charge in [0.15, 0.2) is 18.1 Å². The molecule has 128 valence electrons. The summed E-state index contributed by atoms with van der Waals surface area (Å²) < 4.78 is 10.7. The number of methoxy groups -OCH3 is 1. The molecule has 0 atom stereocenters. The van der Waals surface area contributed by atoms with Crippen molar-refractivity contribution in [3.8, 4) is 11.5 Å². The number of rotatable bonds is 9. The highest BCUT2D eigenvalue weighted by Crippen LogP contribution is 2.25. The van der Waals surface area contributed by atoms with Crippen LogP contribution in [0.25, 0.3) is 0 Å². The first-order valence-corrected chi connectivity index (χ1v) is 8.27. The average molecular weight is 327 g/mol. The minimum absolute atomic E-state index is 0.00165. The smallest absolute Gasteiger partial charge is 0.257 e. The lowest BCUT2D eigenvalue weighted by molar-refractivity contribution is -0.123. The molecular weight excluding hydrogens is 302 g/mol. The second-order valence-corrected chi connectivity index (χ2v) is 5.73. The van der Waals surface area contributed by atoms with Crippen LogP contribution in [0.15, 0.2) is 48.5 Å². The molecule has 0 aliphatic heterocycles. The summed E-state index contributed by atoms with van der Waals surface area (Å²) in [6, 6.07) is 15.9. The van der Waals surface area contributed by atoms with Gasteiger partial charge in [-0.3, -0.25) is 4.79 Å². The Labute approximate surface area is 143 Å². The lowest BCUT2D eigenvalue weighted by Crippen LogP contribution is -2.29. The summed E-state index contributed by atoms with van der Waals surface area (Å²) in [5.74, 6) is 1.09. The molecule has 4 nitrogen and oxygen atoms in total. The van der Waals surface area contributed by atoms with Gasteiger partial charge in [0.2, 0.25) is 0 Å². The van der Waals surface area contributed by atoms with Crippen LogP contribution in [0, 0.1) is 6.92 Å². The van der Waals surface area contributed by atoms with Gasteiger partial charge in [-0.25, -0.2) is 0 Å². The Balaban J connectivity index is 1.60. The number of unbranched alkanes of at least 4 members (excludes halogenated alkanes) is 1. The number of para-hydroxylation sites is 2. The van der Waals surface area contributed by atoms with Crippen molar-refractivity contribution in [1.82, 2.24) is 5.32 Å². The van der Waals surface area contributed by atoms with Crippen molar-refractivity contribution in [3.05, 3.63) is 59.7 Å². The van der Waals surface area contributed by atoms with E-state index in [0.29, 0.717) is 18.0 Å². The molecule has 0 fully saturated rings. The summed E-state index contributed by atoms with van der Waals surface area (Å²) in [5.41, 5.74) is 2.62. The third-order valence-corrected chi connectivity index (χ3v) is 3.76. The van der Waals surface area contributed by atoms with E-state index >= 15 is 0 Å². The van der Waals surface area contributed by atoms with Gasteiger partial charge >= 0.3 is 0 Å². The van der Waals surface area contributed by atoms with Crippen LogP contribution < -0.4 is 14.8 Å². The summed E-state index contributed by atoms with van der Waals surface area (Å²) in [6.45, 7) is 2.75. The van der Waals surface area contributed by atoms with Crippen molar-refractivity contribution in [2.24, 2.45) is 0 Å². The van der Waals surface area contributed by atoms with Crippen LogP contribution in [0.2, 0.25) is 0 Å². The van der Waals surface area contributed by atoms with E-state index in [1.807, 2.05) is 12.1 Å². The number of carbonyl (C=O) groups is 1. The topological polar surface area (TPSA) is 47.6 Å². The number of amides is 1. The van der Waals surface area contributed by atoms with Crippen molar-refractivity contribution in [2.75, 3.05) is 20.3 Å². The molecule has 0 saturated heterocycles. The van der Waals surface area contributed by atoms with Crippen molar-refractivity contribution in [1.29, 1.82) is 0 Å². The Morgan fingerprint density at radius 3 is 2.42 bits per heavy atom. The Morgan fingerprint density at radius 1 is 1.00 bits per heavy atom. The van der Waals surface area contributed by atoms with Crippen LogP contribution in [0.4, 0.5) is 0 Å². The second-order valence-electron chi connectivity index (χ2n) is 5.73. The van der Waals surface area contributed by atoms with E-state index < -0.39 is 0 Å². The average Bonchev–Trinajstić information content (AvgIpc) is 2.61. The Hall–Kier alpha value is -2.49. The molecule has 4 heteroatoms. The SMILES string of the molecule is COc1ccccc1OCC(=O)NCCCCc1ccc(C)cc1. The van der Waals surface area contributed by atoms with Gasteiger partial charge in [0.05, 0.1) is 7.11 Å². The molecule has 0 saturated carbocycles. The van der Waals surface area contributed by atoms with Crippen molar-refractivity contribution in [2.45, 2.75) is 26.2 Å². The molecular formula is C20H25NO3. The van der Waals surface area contributed by atoms with Crippen LogP contribution in [0.1, 0.15) is 24.0 Å². The summed E-state index contributed by atoms with van der Waals surface area (Å²) in [7, 11) is 1.58. The first-order chi connectivity index (χ1) is 11.7. The number of carbonyl (C=O) groups excluding carboxylic acids is 1. The fourth-order valence-electron chi connectivity index (χ4n) is 2.37. The van der Waals surface area contributed by atoms with Gasteiger partial charge < -0.3 is 14.8 Å². The molecule has 0 unspecified atom stereocenters. The number of hydrogen-bond donors (Lipinski definition) is 1. The number of nitrogens with one attached hydrogen (secondary N) is 1. The molecule has 0 heterocycles. The van der Waals surface area contributed by atoms with E-state index in [0.717, 1.165) is 19.3 Å². The highest BCUT2D eigenvalue weighted by molar-refractivity contribution is 5.77. The van der Waals surface area contributed by atoms with E-state index in [2.05, 4.69) is 36.5 Å². The maximum Gasteiger partial charge on any atom is 0.257 e. The maximum absolute atomic E-state index is 11.8. The van der Waals surface area contributed by atoms with Gasteiger partial charge in [0, 0.05) is 6.54 Å². The molecule has 0 aromatic heterocycles. The highest BCUT2D eigenvalue weighted by Gasteiger charge is 2.06. The van der Waals surface area contributed by atoms with Crippen molar-refractivity contribution < 1.29 is 14.3 Å². The zero-order valence-electron chi connectivity index (χ0n) is 14.4. The minimum atomic E-state index is -0.115. The van der Waals surface area contributed by atoms with E-state index in [-0.39, 0.29) is 12.5 Å². The van der Waals surface area contributed by atoms with Crippen LogP contribution in [0.3, 0.4) is 0 Å². The van der Waals surface area contributed by atoms with E-state index in [1.54, 1.807) is 19.2 Å².